The number of benzene rings is 3. The van der Waals surface area contributed by atoms with Gasteiger partial charge in [0.05, 0.1) is 37.7 Å². The van der Waals surface area contributed by atoms with Crippen LogP contribution in [-0.2, 0) is 30.0 Å². The first-order chi connectivity index (χ1) is 17.4. The van der Waals surface area contributed by atoms with Crippen LogP contribution in [0.2, 0.25) is 0 Å². The predicted octanol–water partition coefficient (Wildman–Crippen LogP) is 5.70. The highest BCUT2D eigenvalue weighted by Crippen LogP contribution is 2.31. The molecule has 3 aromatic rings. The number of rotatable bonds is 12. The summed E-state index contributed by atoms with van der Waals surface area (Å²) in [4.78, 5) is 29.8. The summed E-state index contributed by atoms with van der Waals surface area (Å²) in [5.74, 6) is -0.644. The molecular formula is C30H36NO4S+. The van der Waals surface area contributed by atoms with Crippen LogP contribution in [0.4, 0.5) is 0 Å². The molecule has 0 bridgehead atoms. The molecule has 0 aliphatic rings. The quantitative estimate of drug-likeness (QED) is 0.233. The minimum absolute atomic E-state index is 0.0517. The topological polar surface area (TPSA) is 55.8 Å². The molecule has 0 aromatic heterocycles. The van der Waals surface area contributed by atoms with Crippen LogP contribution in [0.3, 0.4) is 0 Å². The van der Waals surface area contributed by atoms with Crippen LogP contribution >= 0.6 is 0 Å². The maximum absolute atomic E-state index is 12.5. The van der Waals surface area contributed by atoms with Gasteiger partial charge in [0.2, 0.25) is 0 Å². The second-order valence-electron chi connectivity index (χ2n) is 8.82. The number of nitrogens with zero attached hydrogens (tertiary/aromatic N) is 1. The van der Waals surface area contributed by atoms with Crippen LogP contribution < -0.4 is 0 Å². The summed E-state index contributed by atoms with van der Waals surface area (Å²) in [5.41, 5.74) is 1.12. The van der Waals surface area contributed by atoms with Gasteiger partial charge in [-0.1, -0.05) is 62.4 Å². The van der Waals surface area contributed by atoms with E-state index < -0.39 is 0 Å². The number of carbonyl (C=O) groups excluding carboxylic acids is 2. The number of carbonyl (C=O) groups is 2. The lowest BCUT2D eigenvalue weighted by Gasteiger charge is -2.26. The number of hydrogen-bond acceptors (Lipinski definition) is 5. The normalized spacial score (nSPS) is 12.8. The molecule has 3 rings (SSSR count). The van der Waals surface area contributed by atoms with Crippen molar-refractivity contribution in [1.82, 2.24) is 4.90 Å². The fourth-order valence-electron chi connectivity index (χ4n) is 3.84. The Morgan fingerprint density at radius 3 is 1.78 bits per heavy atom. The smallest absolute Gasteiger partial charge is 0.320 e. The zero-order valence-corrected chi connectivity index (χ0v) is 22.4. The van der Waals surface area contributed by atoms with Gasteiger partial charge >= 0.3 is 11.9 Å². The average Bonchev–Trinajstić information content (AvgIpc) is 2.92. The van der Waals surface area contributed by atoms with Gasteiger partial charge in [0.15, 0.2) is 14.7 Å². The fraction of sp³-hybridized carbons (Fsp3) is 0.333. The van der Waals surface area contributed by atoms with E-state index in [1.807, 2.05) is 26.0 Å². The van der Waals surface area contributed by atoms with Gasteiger partial charge in [0.1, 0.15) is 0 Å². The summed E-state index contributed by atoms with van der Waals surface area (Å²) in [6.45, 7) is 6.48. The summed E-state index contributed by atoms with van der Waals surface area (Å²) < 4.78 is 10.3. The minimum Gasteiger partial charge on any atom is -0.468 e. The van der Waals surface area contributed by atoms with Crippen molar-refractivity contribution in [1.29, 1.82) is 0 Å². The van der Waals surface area contributed by atoms with Crippen LogP contribution in [0.1, 0.15) is 38.7 Å². The van der Waals surface area contributed by atoms with E-state index >= 15 is 0 Å². The molecule has 0 fully saturated rings. The maximum atomic E-state index is 12.5. The average molecular weight is 507 g/mol. The number of esters is 2. The van der Waals surface area contributed by atoms with Crippen LogP contribution in [0.5, 0.6) is 0 Å². The molecular weight excluding hydrogens is 470 g/mol. The van der Waals surface area contributed by atoms with E-state index in [-0.39, 0.29) is 54.5 Å². The van der Waals surface area contributed by atoms with Crippen molar-refractivity contribution in [3.63, 3.8) is 0 Å². The monoisotopic (exact) mass is 506 g/mol. The molecule has 0 aliphatic carbocycles. The van der Waals surface area contributed by atoms with E-state index in [9.17, 15) is 9.59 Å². The predicted molar refractivity (Wildman–Crippen MR) is 144 cm³/mol. The standard InChI is InChI=1S/C30H36NO4S/c1-5-24(3)31(20-29(32)34-4)21-30(33)35-22-23(2)25-16-18-28(19-17-25)36(26-12-8-6-9-13-26)27-14-10-7-11-15-27/h6-19,23-24H,5,20-22H2,1-4H3/q+1. The molecule has 0 aliphatic heterocycles. The highest BCUT2D eigenvalue weighted by molar-refractivity contribution is 7.97. The van der Waals surface area contributed by atoms with Crippen molar-refractivity contribution in [3.8, 4) is 0 Å². The molecule has 0 saturated carbocycles. The van der Waals surface area contributed by atoms with Crippen molar-refractivity contribution in [2.45, 2.75) is 53.8 Å². The molecule has 0 saturated heterocycles. The van der Waals surface area contributed by atoms with E-state index in [1.54, 1.807) is 4.90 Å². The molecule has 0 heterocycles. The number of ether oxygens (including phenoxy) is 2. The third-order valence-corrected chi connectivity index (χ3v) is 8.47. The second kappa shape index (κ2) is 13.9. The van der Waals surface area contributed by atoms with Gasteiger partial charge in [-0.25, -0.2) is 0 Å². The van der Waals surface area contributed by atoms with E-state index in [1.165, 1.54) is 21.8 Å². The third kappa shape index (κ3) is 7.70. The first-order valence-corrected chi connectivity index (χ1v) is 13.6. The fourth-order valence-corrected chi connectivity index (χ4v) is 5.92. The lowest BCUT2D eigenvalue weighted by atomic mass is 10.0. The summed E-state index contributed by atoms with van der Waals surface area (Å²) in [5, 5.41) is 0. The summed E-state index contributed by atoms with van der Waals surface area (Å²) in [6, 6.07) is 29.8. The van der Waals surface area contributed by atoms with E-state index in [0.29, 0.717) is 0 Å². The van der Waals surface area contributed by atoms with Crippen molar-refractivity contribution in [2.75, 3.05) is 26.8 Å². The van der Waals surface area contributed by atoms with Gasteiger partial charge in [-0.05, 0) is 55.3 Å². The van der Waals surface area contributed by atoms with E-state index in [0.717, 1.165) is 12.0 Å². The zero-order valence-electron chi connectivity index (χ0n) is 21.6. The minimum atomic E-state index is -0.360. The van der Waals surface area contributed by atoms with Gasteiger partial charge in [-0.2, -0.15) is 0 Å². The van der Waals surface area contributed by atoms with Crippen molar-refractivity contribution >= 4 is 22.8 Å². The lowest BCUT2D eigenvalue weighted by molar-refractivity contribution is -0.148. The SMILES string of the molecule is CCC(C)N(CC(=O)OC)CC(=O)OCC(C)c1ccc([S+](c2ccccc2)c2ccccc2)cc1. The van der Waals surface area contributed by atoms with E-state index in [4.69, 9.17) is 9.47 Å². The number of hydrogen-bond donors (Lipinski definition) is 0. The first-order valence-electron chi connectivity index (χ1n) is 12.3. The van der Waals surface area contributed by atoms with Crippen LogP contribution in [0.25, 0.3) is 0 Å². The Bertz CT molecular complexity index is 1050. The summed E-state index contributed by atoms with van der Waals surface area (Å²) >= 11 is 0. The molecule has 5 nitrogen and oxygen atoms in total. The Kier molecular flexibility index (Phi) is 10.6. The first kappa shape index (κ1) is 27.5. The Balaban J connectivity index is 1.65. The van der Waals surface area contributed by atoms with Crippen molar-refractivity contribution in [3.05, 3.63) is 90.5 Å². The Labute approximate surface area is 217 Å². The maximum Gasteiger partial charge on any atom is 0.320 e. The van der Waals surface area contributed by atoms with Crippen molar-refractivity contribution in [2.24, 2.45) is 0 Å². The van der Waals surface area contributed by atoms with Gasteiger partial charge in [0, 0.05) is 12.0 Å². The Morgan fingerprint density at radius 2 is 1.28 bits per heavy atom. The van der Waals surface area contributed by atoms with Gasteiger partial charge < -0.3 is 9.47 Å². The van der Waals surface area contributed by atoms with Crippen LogP contribution in [0, 0.1) is 0 Å². The molecule has 0 radical (unpaired) electrons. The highest BCUT2D eigenvalue weighted by Gasteiger charge is 2.28. The molecule has 3 aromatic carbocycles. The summed E-state index contributed by atoms with van der Waals surface area (Å²) in [6.07, 6.45) is 0.820. The van der Waals surface area contributed by atoms with Crippen molar-refractivity contribution < 1.29 is 19.1 Å². The molecule has 0 amide bonds. The largest absolute Gasteiger partial charge is 0.468 e. The molecule has 0 N–H and O–H groups in total. The summed E-state index contributed by atoms with van der Waals surface area (Å²) in [7, 11) is 1.16. The van der Waals surface area contributed by atoms with Crippen LogP contribution in [0.15, 0.2) is 99.6 Å². The number of methoxy groups -OCH3 is 1. The lowest BCUT2D eigenvalue weighted by Crippen LogP contribution is -2.41. The van der Waals surface area contributed by atoms with Crippen LogP contribution in [-0.4, -0.2) is 49.7 Å². The molecule has 6 heteroatoms. The Hall–Kier alpha value is -3.09. The van der Waals surface area contributed by atoms with Gasteiger partial charge in [0.25, 0.3) is 0 Å². The van der Waals surface area contributed by atoms with E-state index in [2.05, 4.69) is 79.7 Å². The molecule has 2 unspecified atom stereocenters. The highest BCUT2D eigenvalue weighted by atomic mass is 32.2. The molecule has 36 heavy (non-hydrogen) atoms. The third-order valence-electron chi connectivity index (χ3n) is 6.24. The second-order valence-corrected chi connectivity index (χ2v) is 10.9. The molecule has 0 spiro atoms. The zero-order chi connectivity index (χ0) is 25.9. The van der Waals surface area contributed by atoms with Gasteiger partial charge in [-0.15, -0.1) is 0 Å². The molecule has 190 valence electrons. The molecule has 2 atom stereocenters. The van der Waals surface area contributed by atoms with Gasteiger partial charge in [-0.3, -0.25) is 14.5 Å². The Morgan fingerprint density at radius 1 is 0.778 bits per heavy atom.